The van der Waals surface area contributed by atoms with Crippen LogP contribution >= 0.6 is 7.14 Å². The van der Waals surface area contributed by atoms with Crippen molar-refractivity contribution >= 4 is 72.6 Å². The third kappa shape index (κ3) is 5.22. The highest BCUT2D eigenvalue weighted by molar-refractivity contribution is 7.85. The zero-order valence-corrected chi connectivity index (χ0v) is 28.7. The second kappa shape index (κ2) is 12.9. The third-order valence-electron chi connectivity index (χ3n) is 9.70. The van der Waals surface area contributed by atoms with E-state index in [4.69, 9.17) is 4.98 Å². The molecule has 1 heterocycles. The molecule has 4 heteroatoms. The van der Waals surface area contributed by atoms with Crippen molar-refractivity contribution in [3.8, 4) is 11.3 Å². The molecule has 0 saturated heterocycles. The lowest BCUT2D eigenvalue weighted by molar-refractivity contribution is 0.592. The van der Waals surface area contributed by atoms with Gasteiger partial charge in [0.2, 0.25) is 0 Å². The lowest BCUT2D eigenvalue weighted by atomic mass is 9.94. The van der Waals surface area contributed by atoms with Gasteiger partial charge in [-0.1, -0.05) is 170 Å². The number of aromatic nitrogens is 1. The minimum Gasteiger partial charge on any atom is -0.309 e. The van der Waals surface area contributed by atoms with Gasteiger partial charge in [-0.2, -0.15) is 0 Å². The minimum atomic E-state index is -3.26. The van der Waals surface area contributed by atoms with Crippen LogP contribution in [-0.4, -0.2) is 4.98 Å². The Balaban J connectivity index is 1.41. The summed E-state index contributed by atoms with van der Waals surface area (Å²) >= 11 is 0. The molecule has 9 aromatic rings. The number of rotatable bonds is 7. The molecule has 8 aromatic carbocycles. The number of para-hydroxylation sites is 3. The van der Waals surface area contributed by atoms with E-state index in [1.165, 1.54) is 0 Å². The standard InChI is InChI=1S/C47H33N2OP/c50-51(37-24-12-4-13-25-37,38-26-14-5-15-27-38)44-31-17-28-40-39(44)32-33-42-45(40)41-29-16-30-43(47(41)48-46(42)34-18-6-1-7-19-34)49(35-20-8-2-9-21-35)36-22-10-3-11-23-36/h1-33H. The Morgan fingerprint density at radius 1 is 0.412 bits per heavy atom. The lowest BCUT2D eigenvalue weighted by Gasteiger charge is -2.27. The fraction of sp³-hybridized carbons (Fsp3) is 0. The monoisotopic (exact) mass is 672 g/mol. The predicted octanol–water partition coefficient (Wildman–Crippen LogP) is 11.3. The molecule has 0 atom stereocenters. The SMILES string of the molecule is O=P(c1ccccc1)(c1ccccc1)c1cccc2c1ccc1c(-c3ccccc3)nc3c(N(c4ccccc4)c4ccccc4)cccc3c12. The first-order valence-corrected chi connectivity index (χ1v) is 18.9. The van der Waals surface area contributed by atoms with Crippen LogP contribution in [0.15, 0.2) is 200 Å². The van der Waals surface area contributed by atoms with Crippen molar-refractivity contribution < 1.29 is 4.57 Å². The summed E-state index contributed by atoms with van der Waals surface area (Å²) in [7, 11) is -3.26. The first-order chi connectivity index (χ1) is 25.2. The average molecular weight is 673 g/mol. The molecule has 0 saturated carbocycles. The van der Waals surface area contributed by atoms with Crippen molar-refractivity contribution in [2.75, 3.05) is 4.90 Å². The van der Waals surface area contributed by atoms with E-state index in [2.05, 4.69) is 126 Å². The highest BCUT2D eigenvalue weighted by Gasteiger charge is 2.32. The van der Waals surface area contributed by atoms with E-state index in [1.54, 1.807) is 0 Å². The van der Waals surface area contributed by atoms with E-state index >= 15 is 4.57 Å². The van der Waals surface area contributed by atoms with E-state index in [-0.39, 0.29) is 0 Å². The largest absolute Gasteiger partial charge is 0.309 e. The maximum Gasteiger partial charge on any atom is 0.171 e. The summed E-state index contributed by atoms with van der Waals surface area (Å²) in [6.07, 6.45) is 0. The molecule has 0 aliphatic carbocycles. The zero-order chi connectivity index (χ0) is 34.2. The summed E-state index contributed by atoms with van der Waals surface area (Å²) in [5.41, 5.74) is 5.92. The number of benzene rings is 8. The van der Waals surface area contributed by atoms with E-state index < -0.39 is 7.14 Å². The van der Waals surface area contributed by atoms with Gasteiger partial charge in [0.1, 0.15) is 0 Å². The second-order valence-corrected chi connectivity index (χ2v) is 15.4. The molecule has 0 spiro atoms. The summed E-state index contributed by atoms with van der Waals surface area (Å²) in [6, 6.07) is 68.2. The van der Waals surface area contributed by atoms with Gasteiger partial charge in [-0.15, -0.1) is 0 Å². The summed E-state index contributed by atoms with van der Waals surface area (Å²) < 4.78 is 15.8. The highest BCUT2D eigenvalue weighted by atomic mass is 31.2. The molecule has 0 amide bonds. The van der Waals surface area contributed by atoms with Crippen LogP contribution in [0, 0.1) is 0 Å². The van der Waals surface area contributed by atoms with Gasteiger partial charge in [0, 0.05) is 49.0 Å². The van der Waals surface area contributed by atoms with Gasteiger partial charge >= 0.3 is 0 Å². The van der Waals surface area contributed by atoms with Crippen LogP contribution in [0.25, 0.3) is 43.7 Å². The number of hydrogen-bond acceptors (Lipinski definition) is 3. The molecule has 0 unspecified atom stereocenters. The number of anilines is 3. The zero-order valence-electron chi connectivity index (χ0n) is 27.8. The van der Waals surface area contributed by atoms with Crippen LogP contribution in [0.5, 0.6) is 0 Å². The van der Waals surface area contributed by atoms with Crippen LogP contribution in [0.3, 0.4) is 0 Å². The van der Waals surface area contributed by atoms with Gasteiger partial charge in [-0.3, -0.25) is 0 Å². The van der Waals surface area contributed by atoms with Gasteiger partial charge in [0.05, 0.1) is 16.9 Å². The van der Waals surface area contributed by atoms with Crippen LogP contribution in [-0.2, 0) is 4.57 Å². The van der Waals surface area contributed by atoms with Crippen molar-refractivity contribution in [1.82, 2.24) is 4.98 Å². The summed E-state index contributed by atoms with van der Waals surface area (Å²) in [6.45, 7) is 0. The summed E-state index contributed by atoms with van der Waals surface area (Å²) in [5.74, 6) is 0. The molecule has 0 bridgehead atoms. The number of nitrogens with zero attached hydrogens (tertiary/aromatic N) is 2. The van der Waals surface area contributed by atoms with Crippen molar-refractivity contribution in [2.45, 2.75) is 0 Å². The molecule has 0 aliphatic rings. The lowest BCUT2D eigenvalue weighted by Crippen LogP contribution is -2.25. The average Bonchev–Trinajstić information content (AvgIpc) is 3.22. The minimum absolute atomic E-state index is 0.817. The molecular weight excluding hydrogens is 640 g/mol. The Morgan fingerprint density at radius 3 is 1.49 bits per heavy atom. The van der Waals surface area contributed by atoms with E-state index in [1.807, 2.05) is 78.9 Å². The Kier molecular flexibility index (Phi) is 7.76. The molecule has 242 valence electrons. The molecule has 0 aliphatic heterocycles. The third-order valence-corrected chi connectivity index (χ3v) is 12.8. The van der Waals surface area contributed by atoms with Crippen LogP contribution in [0.2, 0.25) is 0 Å². The molecule has 51 heavy (non-hydrogen) atoms. The van der Waals surface area contributed by atoms with E-state index in [0.29, 0.717) is 0 Å². The first kappa shape index (κ1) is 30.8. The molecular formula is C47H33N2OP. The van der Waals surface area contributed by atoms with Crippen molar-refractivity contribution in [3.63, 3.8) is 0 Å². The number of pyridine rings is 1. The van der Waals surface area contributed by atoms with Crippen molar-refractivity contribution in [1.29, 1.82) is 0 Å². The van der Waals surface area contributed by atoms with Crippen molar-refractivity contribution in [3.05, 3.63) is 200 Å². The Labute approximate surface area is 297 Å². The summed E-state index contributed by atoms with van der Waals surface area (Å²) in [5, 5.41) is 7.66. The molecule has 9 rings (SSSR count). The van der Waals surface area contributed by atoms with Gasteiger partial charge in [-0.25, -0.2) is 4.98 Å². The molecule has 3 nitrogen and oxygen atoms in total. The maximum atomic E-state index is 15.8. The summed E-state index contributed by atoms with van der Waals surface area (Å²) in [4.78, 5) is 7.81. The fourth-order valence-electron chi connectivity index (χ4n) is 7.41. The number of hydrogen-bond donors (Lipinski definition) is 0. The normalized spacial score (nSPS) is 11.6. The maximum absolute atomic E-state index is 15.8. The molecule has 0 fully saturated rings. The van der Waals surface area contributed by atoms with Gasteiger partial charge in [0.25, 0.3) is 0 Å². The van der Waals surface area contributed by atoms with Crippen LogP contribution in [0.1, 0.15) is 0 Å². The quantitative estimate of drug-likeness (QED) is 0.125. The highest BCUT2D eigenvalue weighted by Crippen LogP contribution is 2.47. The topological polar surface area (TPSA) is 33.2 Å². The van der Waals surface area contributed by atoms with Gasteiger partial charge in [-0.05, 0) is 41.1 Å². The molecule has 0 N–H and O–H groups in total. The van der Waals surface area contributed by atoms with Crippen LogP contribution in [0.4, 0.5) is 17.1 Å². The Bertz CT molecular complexity index is 2620. The van der Waals surface area contributed by atoms with Gasteiger partial charge in [0.15, 0.2) is 7.14 Å². The first-order valence-electron chi connectivity index (χ1n) is 17.2. The predicted molar refractivity (Wildman–Crippen MR) is 216 cm³/mol. The van der Waals surface area contributed by atoms with E-state index in [0.717, 1.165) is 76.7 Å². The molecule has 1 aromatic heterocycles. The Hall–Kier alpha value is -6.28. The Morgan fingerprint density at radius 2 is 0.902 bits per heavy atom. The smallest absolute Gasteiger partial charge is 0.171 e. The number of fused-ring (bicyclic) bond motifs is 5. The van der Waals surface area contributed by atoms with E-state index in [9.17, 15) is 0 Å². The van der Waals surface area contributed by atoms with Crippen LogP contribution < -0.4 is 20.8 Å². The molecule has 0 radical (unpaired) electrons. The second-order valence-electron chi connectivity index (χ2n) is 12.6. The van der Waals surface area contributed by atoms with Gasteiger partial charge < -0.3 is 9.46 Å². The van der Waals surface area contributed by atoms with Crippen molar-refractivity contribution in [2.24, 2.45) is 0 Å². The fourth-order valence-corrected chi connectivity index (χ4v) is 10.3.